The van der Waals surface area contributed by atoms with Crippen molar-refractivity contribution in [3.63, 3.8) is 0 Å². The van der Waals surface area contributed by atoms with Crippen LogP contribution in [0, 0.1) is 5.92 Å². The fourth-order valence-electron chi connectivity index (χ4n) is 3.05. The second-order valence-electron chi connectivity index (χ2n) is 5.85. The van der Waals surface area contributed by atoms with Crippen molar-refractivity contribution in [1.29, 1.82) is 0 Å². The third-order valence-electron chi connectivity index (χ3n) is 4.32. The van der Waals surface area contributed by atoms with Gasteiger partial charge in [0.15, 0.2) is 0 Å². The predicted molar refractivity (Wildman–Crippen MR) is 72.0 cm³/mol. The van der Waals surface area contributed by atoms with Crippen LogP contribution < -0.4 is 0 Å². The lowest BCUT2D eigenvalue weighted by Gasteiger charge is -2.36. The number of likely N-dealkylation sites (tertiary alicyclic amines) is 2. The lowest BCUT2D eigenvalue weighted by molar-refractivity contribution is -0.143. The summed E-state index contributed by atoms with van der Waals surface area (Å²) in [6, 6.07) is -0.692. The summed E-state index contributed by atoms with van der Waals surface area (Å²) in [5.41, 5.74) is 0. The van der Waals surface area contributed by atoms with Gasteiger partial charge < -0.3 is 14.9 Å². The molecule has 0 saturated carbocycles. The third kappa shape index (κ3) is 3.39. The Morgan fingerprint density at radius 2 is 1.79 bits per heavy atom. The van der Waals surface area contributed by atoms with Crippen molar-refractivity contribution in [2.45, 2.75) is 51.5 Å². The molecular formula is C14H24N2O3. The maximum absolute atomic E-state index is 12.5. The van der Waals surface area contributed by atoms with Crippen molar-refractivity contribution in [3.8, 4) is 0 Å². The van der Waals surface area contributed by atoms with E-state index in [0.29, 0.717) is 18.9 Å². The Morgan fingerprint density at radius 1 is 1.00 bits per heavy atom. The number of piperidine rings is 1. The van der Waals surface area contributed by atoms with Crippen LogP contribution in [0.5, 0.6) is 0 Å². The Labute approximate surface area is 114 Å². The summed E-state index contributed by atoms with van der Waals surface area (Å²) in [4.78, 5) is 27.2. The zero-order valence-corrected chi connectivity index (χ0v) is 11.7. The summed E-state index contributed by atoms with van der Waals surface area (Å²) in [7, 11) is 0. The Balaban J connectivity index is 2.02. The minimum Gasteiger partial charge on any atom is -0.480 e. The van der Waals surface area contributed by atoms with Crippen LogP contribution in [-0.2, 0) is 4.79 Å². The summed E-state index contributed by atoms with van der Waals surface area (Å²) in [5, 5.41) is 9.24. The van der Waals surface area contributed by atoms with E-state index in [4.69, 9.17) is 0 Å². The van der Waals surface area contributed by atoms with Crippen LogP contribution >= 0.6 is 0 Å². The average molecular weight is 268 g/mol. The molecule has 2 aliphatic heterocycles. The summed E-state index contributed by atoms with van der Waals surface area (Å²) in [5.74, 6) is -0.203. The van der Waals surface area contributed by atoms with Crippen LogP contribution in [0.25, 0.3) is 0 Å². The predicted octanol–water partition coefficient (Wildman–Crippen LogP) is 2.17. The van der Waals surface area contributed by atoms with Gasteiger partial charge in [0, 0.05) is 19.6 Å². The maximum Gasteiger partial charge on any atom is 0.326 e. The molecule has 2 fully saturated rings. The van der Waals surface area contributed by atoms with Gasteiger partial charge in [0.05, 0.1) is 0 Å². The van der Waals surface area contributed by atoms with E-state index >= 15 is 0 Å². The van der Waals surface area contributed by atoms with Crippen LogP contribution in [0.4, 0.5) is 4.79 Å². The summed E-state index contributed by atoms with van der Waals surface area (Å²) >= 11 is 0. The molecule has 0 radical (unpaired) electrons. The van der Waals surface area contributed by atoms with Crippen LogP contribution in [-0.4, -0.2) is 52.6 Å². The molecule has 0 spiro atoms. The van der Waals surface area contributed by atoms with Crippen LogP contribution in [0.2, 0.25) is 0 Å². The van der Waals surface area contributed by atoms with Gasteiger partial charge in [-0.3, -0.25) is 0 Å². The van der Waals surface area contributed by atoms with Gasteiger partial charge in [-0.1, -0.05) is 6.92 Å². The standard InChI is InChI=1S/C14H24N2O3/c1-11-5-4-8-15(10-7-11)14(19)16-9-3-2-6-12(16)13(17)18/h11-12H,2-10H2,1H3,(H,17,18). The van der Waals surface area contributed by atoms with Crippen molar-refractivity contribution >= 4 is 12.0 Å². The van der Waals surface area contributed by atoms with Gasteiger partial charge in [-0.05, 0) is 44.4 Å². The van der Waals surface area contributed by atoms with E-state index in [0.717, 1.165) is 45.2 Å². The van der Waals surface area contributed by atoms with Gasteiger partial charge in [-0.15, -0.1) is 0 Å². The number of hydrogen-bond acceptors (Lipinski definition) is 2. The smallest absolute Gasteiger partial charge is 0.326 e. The fraction of sp³-hybridized carbons (Fsp3) is 0.857. The number of amides is 2. The number of aliphatic carboxylic acids is 1. The highest BCUT2D eigenvalue weighted by molar-refractivity contribution is 5.83. The molecule has 2 unspecified atom stereocenters. The molecule has 1 N–H and O–H groups in total. The zero-order chi connectivity index (χ0) is 13.8. The minimum atomic E-state index is -0.865. The number of urea groups is 1. The van der Waals surface area contributed by atoms with Gasteiger partial charge in [0.1, 0.15) is 6.04 Å². The SMILES string of the molecule is CC1CCCN(C(=O)N2CCCCC2C(=O)O)CC1. The summed E-state index contributed by atoms with van der Waals surface area (Å²) in [6.45, 7) is 4.34. The van der Waals surface area contributed by atoms with E-state index in [9.17, 15) is 14.7 Å². The Kier molecular flexibility index (Phi) is 4.66. The first-order chi connectivity index (χ1) is 9.09. The van der Waals surface area contributed by atoms with E-state index in [1.807, 2.05) is 4.90 Å². The minimum absolute atomic E-state index is 0.0683. The molecule has 0 aromatic carbocycles. The molecular weight excluding hydrogens is 244 g/mol. The van der Waals surface area contributed by atoms with Gasteiger partial charge in [-0.2, -0.15) is 0 Å². The molecule has 2 saturated heterocycles. The van der Waals surface area contributed by atoms with Crippen LogP contribution in [0.3, 0.4) is 0 Å². The highest BCUT2D eigenvalue weighted by atomic mass is 16.4. The fourth-order valence-corrected chi connectivity index (χ4v) is 3.05. The third-order valence-corrected chi connectivity index (χ3v) is 4.32. The first-order valence-corrected chi connectivity index (χ1v) is 7.38. The Hall–Kier alpha value is -1.26. The molecule has 2 heterocycles. The second kappa shape index (κ2) is 6.26. The summed E-state index contributed by atoms with van der Waals surface area (Å²) in [6.07, 6.45) is 5.62. The van der Waals surface area contributed by atoms with E-state index in [2.05, 4.69) is 6.92 Å². The topological polar surface area (TPSA) is 60.9 Å². The number of carboxylic acids is 1. The van der Waals surface area contributed by atoms with Gasteiger partial charge in [-0.25, -0.2) is 9.59 Å². The lowest BCUT2D eigenvalue weighted by Crippen LogP contribution is -2.53. The Bertz CT molecular complexity index is 346. The molecule has 5 heteroatoms. The average Bonchev–Trinajstić information content (AvgIpc) is 2.62. The largest absolute Gasteiger partial charge is 0.480 e. The summed E-state index contributed by atoms with van der Waals surface area (Å²) < 4.78 is 0. The van der Waals surface area contributed by atoms with E-state index in [1.54, 1.807) is 4.90 Å². The van der Waals surface area contributed by atoms with E-state index in [-0.39, 0.29) is 6.03 Å². The Morgan fingerprint density at radius 3 is 2.53 bits per heavy atom. The quantitative estimate of drug-likeness (QED) is 0.792. The molecule has 0 aliphatic carbocycles. The molecule has 19 heavy (non-hydrogen) atoms. The number of carboxylic acid groups (broad SMARTS) is 1. The molecule has 0 aromatic heterocycles. The normalized spacial score (nSPS) is 28.9. The van der Waals surface area contributed by atoms with Crippen molar-refractivity contribution in [2.24, 2.45) is 5.92 Å². The van der Waals surface area contributed by atoms with Crippen molar-refractivity contribution in [2.75, 3.05) is 19.6 Å². The molecule has 2 rings (SSSR count). The zero-order valence-electron chi connectivity index (χ0n) is 11.7. The number of hydrogen-bond donors (Lipinski definition) is 1. The van der Waals surface area contributed by atoms with Gasteiger partial charge in [0.2, 0.25) is 0 Å². The highest BCUT2D eigenvalue weighted by Gasteiger charge is 2.34. The lowest BCUT2D eigenvalue weighted by atomic mass is 10.0. The first kappa shape index (κ1) is 14.2. The van der Waals surface area contributed by atoms with Crippen LogP contribution in [0.1, 0.15) is 45.4 Å². The maximum atomic E-state index is 12.5. The number of nitrogens with zero attached hydrogens (tertiary/aromatic N) is 2. The molecule has 2 atom stereocenters. The number of carbonyl (C=O) groups excluding carboxylic acids is 1. The second-order valence-corrected chi connectivity index (χ2v) is 5.85. The highest BCUT2D eigenvalue weighted by Crippen LogP contribution is 2.22. The molecule has 108 valence electrons. The number of rotatable bonds is 1. The van der Waals surface area contributed by atoms with Gasteiger partial charge >= 0.3 is 12.0 Å². The number of carbonyl (C=O) groups is 2. The van der Waals surface area contributed by atoms with Crippen LogP contribution in [0.15, 0.2) is 0 Å². The van der Waals surface area contributed by atoms with E-state index < -0.39 is 12.0 Å². The van der Waals surface area contributed by atoms with Crippen molar-refractivity contribution in [3.05, 3.63) is 0 Å². The van der Waals surface area contributed by atoms with Crippen molar-refractivity contribution < 1.29 is 14.7 Å². The van der Waals surface area contributed by atoms with Gasteiger partial charge in [0.25, 0.3) is 0 Å². The molecule has 2 amide bonds. The molecule has 0 bridgehead atoms. The monoisotopic (exact) mass is 268 g/mol. The molecule has 2 aliphatic rings. The first-order valence-electron chi connectivity index (χ1n) is 7.38. The van der Waals surface area contributed by atoms with E-state index in [1.165, 1.54) is 0 Å². The van der Waals surface area contributed by atoms with Crippen molar-refractivity contribution in [1.82, 2.24) is 9.80 Å². The molecule has 5 nitrogen and oxygen atoms in total. The molecule has 0 aromatic rings.